The summed E-state index contributed by atoms with van der Waals surface area (Å²) < 4.78 is 18.7. The minimum atomic E-state index is -0.278. The van der Waals surface area contributed by atoms with E-state index in [0.717, 1.165) is 29.7 Å². The maximum Gasteiger partial charge on any atom is 0.139 e. The molecule has 1 N–H and O–H groups in total. The van der Waals surface area contributed by atoms with Gasteiger partial charge in [0.25, 0.3) is 0 Å². The van der Waals surface area contributed by atoms with Crippen LogP contribution < -0.4 is 0 Å². The molecule has 0 spiro atoms. The molecule has 16 heavy (non-hydrogen) atoms. The van der Waals surface area contributed by atoms with E-state index >= 15 is 0 Å². The van der Waals surface area contributed by atoms with Gasteiger partial charge in [0.15, 0.2) is 0 Å². The SMILES string of the molecule is COCCCc1nc2cc(Br)c(F)cc2[nH]1. The van der Waals surface area contributed by atoms with Crippen molar-refractivity contribution in [2.75, 3.05) is 13.7 Å². The lowest BCUT2D eigenvalue weighted by atomic mass is 10.3. The van der Waals surface area contributed by atoms with Gasteiger partial charge < -0.3 is 9.72 Å². The van der Waals surface area contributed by atoms with Crippen LogP contribution >= 0.6 is 15.9 Å². The van der Waals surface area contributed by atoms with Crippen LogP contribution in [0.5, 0.6) is 0 Å². The number of H-pyrrole nitrogens is 1. The van der Waals surface area contributed by atoms with Gasteiger partial charge in [-0.3, -0.25) is 0 Å². The monoisotopic (exact) mass is 286 g/mol. The van der Waals surface area contributed by atoms with Gasteiger partial charge in [-0.2, -0.15) is 0 Å². The second-order valence-corrected chi connectivity index (χ2v) is 4.42. The number of benzene rings is 1. The summed E-state index contributed by atoms with van der Waals surface area (Å²) in [6, 6.07) is 3.13. The summed E-state index contributed by atoms with van der Waals surface area (Å²) in [5.74, 6) is 0.587. The maximum atomic E-state index is 13.2. The average Bonchev–Trinajstić information content (AvgIpc) is 2.61. The van der Waals surface area contributed by atoms with E-state index in [2.05, 4.69) is 25.9 Å². The third kappa shape index (κ3) is 2.41. The van der Waals surface area contributed by atoms with Gasteiger partial charge in [-0.1, -0.05) is 0 Å². The molecule has 0 atom stereocenters. The lowest BCUT2D eigenvalue weighted by Gasteiger charge is -1.95. The fourth-order valence-corrected chi connectivity index (χ4v) is 1.89. The number of hydrogen-bond donors (Lipinski definition) is 1. The van der Waals surface area contributed by atoms with E-state index in [9.17, 15) is 4.39 Å². The molecule has 1 aromatic heterocycles. The molecular formula is C11H12BrFN2O. The zero-order valence-electron chi connectivity index (χ0n) is 8.89. The third-order valence-corrected chi connectivity index (χ3v) is 2.94. The van der Waals surface area contributed by atoms with Crippen molar-refractivity contribution in [3.05, 3.63) is 28.2 Å². The number of rotatable bonds is 4. The second-order valence-electron chi connectivity index (χ2n) is 3.56. The molecule has 0 aliphatic heterocycles. The number of halogens is 2. The fourth-order valence-electron chi connectivity index (χ4n) is 1.56. The van der Waals surface area contributed by atoms with Gasteiger partial charge in [-0.25, -0.2) is 9.37 Å². The minimum absolute atomic E-state index is 0.278. The maximum absolute atomic E-state index is 13.2. The Bertz CT molecular complexity index is 459. The predicted molar refractivity (Wildman–Crippen MR) is 63.9 cm³/mol. The number of nitrogens with one attached hydrogen (secondary N) is 1. The first-order valence-electron chi connectivity index (χ1n) is 5.03. The highest BCUT2D eigenvalue weighted by atomic mass is 79.9. The van der Waals surface area contributed by atoms with Gasteiger partial charge in [0.2, 0.25) is 0 Å². The Morgan fingerprint density at radius 1 is 1.50 bits per heavy atom. The third-order valence-electron chi connectivity index (χ3n) is 2.34. The van der Waals surface area contributed by atoms with E-state index in [4.69, 9.17) is 4.74 Å². The molecule has 0 aliphatic carbocycles. The van der Waals surface area contributed by atoms with Gasteiger partial charge in [0.1, 0.15) is 11.6 Å². The Morgan fingerprint density at radius 3 is 3.06 bits per heavy atom. The number of aryl methyl sites for hydroxylation is 1. The molecule has 0 fully saturated rings. The normalized spacial score (nSPS) is 11.2. The number of fused-ring (bicyclic) bond motifs is 1. The summed E-state index contributed by atoms with van der Waals surface area (Å²) >= 11 is 3.14. The quantitative estimate of drug-likeness (QED) is 0.878. The summed E-state index contributed by atoms with van der Waals surface area (Å²) in [5.41, 5.74) is 1.51. The van der Waals surface area contributed by atoms with Crippen molar-refractivity contribution in [3.63, 3.8) is 0 Å². The Morgan fingerprint density at radius 2 is 2.31 bits per heavy atom. The Labute approximate surface area is 101 Å². The Hall–Kier alpha value is -0.940. The van der Waals surface area contributed by atoms with Gasteiger partial charge in [0, 0.05) is 26.2 Å². The standard InChI is InChI=1S/C11H12BrFN2O/c1-16-4-2-3-11-14-9-5-7(12)8(13)6-10(9)15-11/h5-6H,2-4H2,1H3,(H,14,15). The number of imidazole rings is 1. The summed E-state index contributed by atoms with van der Waals surface area (Å²) in [5, 5.41) is 0. The molecule has 3 nitrogen and oxygen atoms in total. The van der Waals surface area contributed by atoms with Crippen LogP contribution in [-0.2, 0) is 11.2 Å². The van der Waals surface area contributed by atoms with Crippen LogP contribution in [0.2, 0.25) is 0 Å². The summed E-state index contributed by atoms with van der Waals surface area (Å²) in [6.45, 7) is 0.703. The molecular weight excluding hydrogens is 275 g/mol. The topological polar surface area (TPSA) is 37.9 Å². The van der Waals surface area contributed by atoms with Crippen molar-refractivity contribution in [3.8, 4) is 0 Å². The van der Waals surface area contributed by atoms with Crippen LogP contribution in [-0.4, -0.2) is 23.7 Å². The molecule has 0 radical (unpaired) electrons. The smallest absolute Gasteiger partial charge is 0.139 e. The van der Waals surface area contributed by atoms with Gasteiger partial charge in [-0.15, -0.1) is 0 Å². The van der Waals surface area contributed by atoms with Crippen LogP contribution in [0.15, 0.2) is 16.6 Å². The molecule has 1 heterocycles. The van der Waals surface area contributed by atoms with Crippen molar-refractivity contribution in [1.82, 2.24) is 9.97 Å². The van der Waals surface area contributed by atoms with Crippen LogP contribution in [0.25, 0.3) is 11.0 Å². The van der Waals surface area contributed by atoms with Crippen molar-refractivity contribution in [2.24, 2.45) is 0 Å². The fraction of sp³-hybridized carbons (Fsp3) is 0.364. The number of ether oxygens (including phenoxy) is 1. The zero-order chi connectivity index (χ0) is 11.5. The van der Waals surface area contributed by atoms with Crippen LogP contribution in [0.4, 0.5) is 4.39 Å². The minimum Gasteiger partial charge on any atom is -0.385 e. The molecule has 0 amide bonds. The van der Waals surface area contributed by atoms with Crippen molar-refractivity contribution >= 4 is 27.0 Å². The first-order chi connectivity index (χ1) is 7.70. The van der Waals surface area contributed by atoms with E-state index in [1.54, 1.807) is 13.2 Å². The van der Waals surface area contributed by atoms with E-state index in [1.807, 2.05) is 0 Å². The zero-order valence-corrected chi connectivity index (χ0v) is 10.5. The highest BCUT2D eigenvalue weighted by Crippen LogP contribution is 2.21. The molecule has 0 bridgehead atoms. The lowest BCUT2D eigenvalue weighted by Crippen LogP contribution is -1.93. The molecule has 2 aromatic rings. The molecule has 2 rings (SSSR count). The average molecular weight is 287 g/mol. The van der Waals surface area contributed by atoms with E-state index < -0.39 is 0 Å². The predicted octanol–water partition coefficient (Wildman–Crippen LogP) is 3.04. The molecule has 0 saturated heterocycles. The van der Waals surface area contributed by atoms with Crippen molar-refractivity contribution in [2.45, 2.75) is 12.8 Å². The summed E-state index contributed by atoms with van der Waals surface area (Å²) in [7, 11) is 1.67. The van der Waals surface area contributed by atoms with Crippen LogP contribution in [0.3, 0.4) is 0 Å². The van der Waals surface area contributed by atoms with Gasteiger partial charge >= 0.3 is 0 Å². The Balaban J connectivity index is 2.23. The molecule has 0 aliphatic rings. The summed E-state index contributed by atoms with van der Waals surface area (Å²) in [6.07, 6.45) is 1.71. The molecule has 0 unspecified atom stereocenters. The number of methoxy groups -OCH3 is 1. The molecule has 0 saturated carbocycles. The molecule has 1 aromatic carbocycles. The number of aromatic amines is 1. The highest BCUT2D eigenvalue weighted by Gasteiger charge is 2.06. The number of hydrogen-bond acceptors (Lipinski definition) is 2. The Kier molecular flexibility index (Phi) is 3.56. The van der Waals surface area contributed by atoms with Crippen LogP contribution in [0, 0.1) is 5.82 Å². The van der Waals surface area contributed by atoms with Crippen molar-refractivity contribution in [1.29, 1.82) is 0 Å². The number of nitrogens with zero attached hydrogens (tertiary/aromatic N) is 1. The van der Waals surface area contributed by atoms with Crippen molar-refractivity contribution < 1.29 is 9.13 Å². The largest absolute Gasteiger partial charge is 0.385 e. The molecule has 86 valence electrons. The second kappa shape index (κ2) is 4.93. The van der Waals surface area contributed by atoms with Gasteiger partial charge in [0.05, 0.1) is 15.5 Å². The first kappa shape index (κ1) is 11.5. The van der Waals surface area contributed by atoms with Crippen LogP contribution in [0.1, 0.15) is 12.2 Å². The van der Waals surface area contributed by atoms with E-state index in [-0.39, 0.29) is 5.82 Å². The summed E-state index contributed by atoms with van der Waals surface area (Å²) in [4.78, 5) is 7.47. The van der Waals surface area contributed by atoms with E-state index in [1.165, 1.54) is 6.07 Å². The van der Waals surface area contributed by atoms with Gasteiger partial charge in [-0.05, 0) is 28.4 Å². The lowest BCUT2D eigenvalue weighted by molar-refractivity contribution is 0.194. The highest BCUT2D eigenvalue weighted by molar-refractivity contribution is 9.10. The first-order valence-corrected chi connectivity index (χ1v) is 5.82. The molecule has 5 heteroatoms. The van der Waals surface area contributed by atoms with E-state index in [0.29, 0.717) is 11.1 Å². The number of aromatic nitrogens is 2.